The molecule has 4 nitrogen and oxygen atoms in total. The van der Waals surface area contributed by atoms with Gasteiger partial charge in [-0.05, 0) is 42.0 Å². The molecule has 5 heteroatoms. The number of nitrogens with one attached hydrogen (secondary N) is 1. The van der Waals surface area contributed by atoms with Crippen LogP contribution in [-0.4, -0.2) is 12.5 Å². The predicted molar refractivity (Wildman–Crippen MR) is 76.3 cm³/mol. The van der Waals surface area contributed by atoms with Crippen molar-refractivity contribution in [1.82, 2.24) is 0 Å². The molecule has 0 aromatic heterocycles. The maximum absolute atomic E-state index is 13.0. The topological polar surface area (TPSA) is 62.1 Å². The molecule has 2 rings (SSSR count). The predicted octanol–water partition coefficient (Wildman–Crippen LogP) is 2.91. The highest BCUT2D eigenvalue weighted by Gasteiger charge is 2.05. The van der Waals surface area contributed by atoms with Crippen molar-refractivity contribution in [2.24, 2.45) is 0 Å². The van der Waals surface area contributed by atoms with E-state index in [0.717, 1.165) is 0 Å². The Labute approximate surface area is 121 Å². The van der Waals surface area contributed by atoms with Crippen LogP contribution >= 0.6 is 0 Å². The molecule has 21 heavy (non-hydrogen) atoms. The van der Waals surface area contributed by atoms with E-state index < -0.39 is 0 Å². The van der Waals surface area contributed by atoms with Gasteiger partial charge in [-0.15, -0.1) is 0 Å². The molecular weight excluding hydrogens is 271 g/mol. The van der Waals surface area contributed by atoms with Crippen molar-refractivity contribution in [1.29, 1.82) is 5.26 Å². The third-order valence-electron chi connectivity index (χ3n) is 2.70. The van der Waals surface area contributed by atoms with Crippen LogP contribution in [0.1, 0.15) is 5.56 Å². The van der Waals surface area contributed by atoms with Gasteiger partial charge in [0.15, 0.2) is 6.61 Å². The number of anilines is 1. The maximum atomic E-state index is 13.0. The van der Waals surface area contributed by atoms with Crippen LogP contribution < -0.4 is 10.1 Å². The van der Waals surface area contributed by atoms with Crippen LogP contribution in [0.3, 0.4) is 0 Å². The summed E-state index contributed by atoms with van der Waals surface area (Å²) >= 11 is 0. The van der Waals surface area contributed by atoms with Gasteiger partial charge in [-0.2, -0.15) is 5.26 Å². The van der Waals surface area contributed by atoms with Crippen molar-refractivity contribution in [3.05, 3.63) is 59.9 Å². The highest BCUT2D eigenvalue weighted by molar-refractivity contribution is 5.92. The summed E-state index contributed by atoms with van der Waals surface area (Å²) in [5, 5.41) is 11.1. The van der Waals surface area contributed by atoms with Crippen molar-refractivity contribution < 1.29 is 13.9 Å². The maximum Gasteiger partial charge on any atom is 0.228 e. The minimum Gasteiger partial charge on any atom is -0.479 e. The van der Waals surface area contributed by atoms with E-state index in [9.17, 15) is 9.18 Å². The second kappa shape index (κ2) is 7.06. The van der Waals surface area contributed by atoms with Gasteiger partial charge in [0, 0.05) is 5.69 Å². The van der Waals surface area contributed by atoms with Crippen molar-refractivity contribution in [3.8, 4) is 11.8 Å². The Balaban J connectivity index is 1.92. The lowest BCUT2D eigenvalue weighted by atomic mass is 10.1. The van der Waals surface area contributed by atoms with E-state index in [2.05, 4.69) is 5.32 Å². The minimum atomic E-state index is -0.362. The second-order valence-corrected chi connectivity index (χ2v) is 4.33. The SMILES string of the molecule is N#CCOc1ccc(NC(=O)Cc2cccc(F)c2)cc1. The fourth-order valence-corrected chi connectivity index (χ4v) is 1.79. The number of carbonyl (C=O) groups is 1. The molecule has 1 amide bonds. The Hall–Kier alpha value is -2.87. The molecule has 0 atom stereocenters. The first kappa shape index (κ1) is 14.5. The summed E-state index contributed by atoms with van der Waals surface area (Å²) in [4.78, 5) is 11.8. The number of carbonyl (C=O) groups excluding carboxylic acids is 1. The molecule has 0 aliphatic rings. The molecule has 106 valence electrons. The summed E-state index contributed by atoms with van der Waals surface area (Å²) in [6.45, 7) is -0.0225. The van der Waals surface area contributed by atoms with E-state index in [-0.39, 0.29) is 24.8 Å². The van der Waals surface area contributed by atoms with Crippen LogP contribution in [-0.2, 0) is 11.2 Å². The number of nitrogens with zero attached hydrogens (tertiary/aromatic N) is 1. The highest BCUT2D eigenvalue weighted by atomic mass is 19.1. The van der Waals surface area contributed by atoms with E-state index in [1.54, 1.807) is 36.4 Å². The molecule has 0 saturated carbocycles. The zero-order chi connectivity index (χ0) is 15.1. The van der Waals surface area contributed by atoms with Gasteiger partial charge < -0.3 is 10.1 Å². The average Bonchev–Trinajstić information content (AvgIpc) is 2.46. The van der Waals surface area contributed by atoms with E-state index in [1.165, 1.54) is 12.1 Å². The molecule has 0 heterocycles. The van der Waals surface area contributed by atoms with Crippen LogP contribution in [0.25, 0.3) is 0 Å². The molecule has 0 radical (unpaired) electrons. The zero-order valence-electron chi connectivity index (χ0n) is 11.2. The third kappa shape index (κ3) is 4.62. The zero-order valence-corrected chi connectivity index (χ0v) is 11.2. The number of rotatable bonds is 5. The molecule has 0 aliphatic heterocycles. The van der Waals surface area contributed by atoms with E-state index in [4.69, 9.17) is 10.00 Å². The summed E-state index contributed by atoms with van der Waals surface area (Å²) in [5.41, 5.74) is 1.22. The molecule has 0 spiro atoms. The Morgan fingerprint density at radius 3 is 2.67 bits per heavy atom. The summed E-state index contributed by atoms with van der Waals surface area (Å²) in [6, 6.07) is 14.5. The Bertz CT molecular complexity index is 663. The van der Waals surface area contributed by atoms with Gasteiger partial charge in [0.1, 0.15) is 17.6 Å². The lowest BCUT2D eigenvalue weighted by Crippen LogP contribution is -2.14. The molecule has 0 unspecified atom stereocenters. The first-order chi connectivity index (χ1) is 10.2. The fourth-order valence-electron chi connectivity index (χ4n) is 1.79. The number of nitriles is 1. The second-order valence-electron chi connectivity index (χ2n) is 4.33. The van der Waals surface area contributed by atoms with Crippen molar-refractivity contribution in [2.75, 3.05) is 11.9 Å². The molecule has 2 aromatic carbocycles. The van der Waals surface area contributed by atoms with Gasteiger partial charge in [-0.1, -0.05) is 12.1 Å². The Morgan fingerprint density at radius 2 is 2.00 bits per heavy atom. The number of amides is 1. The van der Waals surface area contributed by atoms with Crippen LogP contribution in [0.2, 0.25) is 0 Å². The number of hydrogen-bond donors (Lipinski definition) is 1. The smallest absolute Gasteiger partial charge is 0.228 e. The fraction of sp³-hybridized carbons (Fsp3) is 0.125. The van der Waals surface area contributed by atoms with Gasteiger partial charge in [0.2, 0.25) is 5.91 Å². The lowest BCUT2D eigenvalue weighted by Gasteiger charge is -2.07. The Morgan fingerprint density at radius 1 is 1.24 bits per heavy atom. The van der Waals surface area contributed by atoms with Crippen LogP contribution in [0.4, 0.5) is 10.1 Å². The van der Waals surface area contributed by atoms with Crippen molar-refractivity contribution >= 4 is 11.6 Å². The highest BCUT2D eigenvalue weighted by Crippen LogP contribution is 2.16. The number of benzene rings is 2. The molecule has 0 saturated heterocycles. The molecule has 2 aromatic rings. The van der Waals surface area contributed by atoms with Gasteiger partial charge >= 0.3 is 0 Å². The van der Waals surface area contributed by atoms with Gasteiger partial charge in [-0.25, -0.2) is 4.39 Å². The van der Waals surface area contributed by atoms with Gasteiger partial charge in [-0.3, -0.25) is 4.79 Å². The summed E-state index contributed by atoms with van der Waals surface area (Å²) < 4.78 is 18.1. The number of hydrogen-bond acceptors (Lipinski definition) is 3. The first-order valence-corrected chi connectivity index (χ1v) is 6.31. The average molecular weight is 284 g/mol. The van der Waals surface area contributed by atoms with Crippen molar-refractivity contribution in [3.63, 3.8) is 0 Å². The standard InChI is InChI=1S/C16H13FN2O2/c17-13-3-1-2-12(10-13)11-16(20)19-14-4-6-15(7-5-14)21-9-8-18/h1-7,10H,9,11H2,(H,19,20). The van der Waals surface area contributed by atoms with Gasteiger partial charge in [0.25, 0.3) is 0 Å². The molecule has 0 bridgehead atoms. The summed E-state index contributed by atoms with van der Waals surface area (Å²) in [5.74, 6) is -0.0368. The van der Waals surface area contributed by atoms with Crippen molar-refractivity contribution in [2.45, 2.75) is 6.42 Å². The Kier molecular flexibility index (Phi) is 4.89. The molecule has 1 N–H and O–H groups in total. The van der Waals surface area contributed by atoms with E-state index in [0.29, 0.717) is 17.0 Å². The van der Waals surface area contributed by atoms with Crippen LogP contribution in [0.15, 0.2) is 48.5 Å². The lowest BCUT2D eigenvalue weighted by molar-refractivity contribution is -0.115. The third-order valence-corrected chi connectivity index (χ3v) is 2.70. The quantitative estimate of drug-likeness (QED) is 0.918. The van der Waals surface area contributed by atoms with E-state index >= 15 is 0 Å². The molecule has 0 fully saturated rings. The summed E-state index contributed by atoms with van der Waals surface area (Å²) in [7, 11) is 0. The van der Waals surface area contributed by atoms with Crippen LogP contribution in [0, 0.1) is 17.1 Å². The number of halogens is 1. The molecular formula is C16H13FN2O2. The summed E-state index contributed by atoms with van der Waals surface area (Å²) in [6.07, 6.45) is 0.102. The van der Waals surface area contributed by atoms with E-state index in [1.807, 2.05) is 6.07 Å². The first-order valence-electron chi connectivity index (χ1n) is 6.31. The monoisotopic (exact) mass is 284 g/mol. The van der Waals surface area contributed by atoms with Crippen LogP contribution in [0.5, 0.6) is 5.75 Å². The molecule has 0 aliphatic carbocycles. The number of ether oxygens (including phenoxy) is 1. The normalized spacial score (nSPS) is 9.71. The minimum absolute atomic E-state index is 0.0225. The largest absolute Gasteiger partial charge is 0.479 e. The van der Waals surface area contributed by atoms with Gasteiger partial charge in [0.05, 0.1) is 6.42 Å².